The van der Waals surface area contributed by atoms with Crippen molar-refractivity contribution < 1.29 is 17.9 Å². The van der Waals surface area contributed by atoms with E-state index in [1.807, 2.05) is 19.1 Å². The van der Waals surface area contributed by atoms with Gasteiger partial charge in [0, 0.05) is 35.9 Å². The molecule has 2 aromatic heterocycles. The number of aryl methyl sites for hydroxylation is 1. The summed E-state index contributed by atoms with van der Waals surface area (Å²) in [5.41, 5.74) is 2.10. The van der Waals surface area contributed by atoms with Gasteiger partial charge in [0.25, 0.3) is 0 Å². The van der Waals surface area contributed by atoms with Gasteiger partial charge >= 0.3 is 6.18 Å². The Morgan fingerprint density at radius 1 is 1.08 bits per heavy atom. The number of halogens is 3. The largest absolute Gasteiger partial charge is 0.418 e. The summed E-state index contributed by atoms with van der Waals surface area (Å²) in [6.45, 7) is 6.78. The lowest BCUT2D eigenvalue weighted by molar-refractivity contribution is -0.137. The zero-order chi connectivity index (χ0) is 26.0. The Balaban J connectivity index is 1.57. The van der Waals surface area contributed by atoms with E-state index in [1.54, 1.807) is 18.2 Å². The van der Waals surface area contributed by atoms with Gasteiger partial charge in [-0.2, -0.15) is 13.2 Å². The predicted molar refractivity (Wildman–Crippen MR) is 138 cm³/mol. The normalized spacial score (nSPS) is 16.7. The minimum Gasteiger partial charge on any atom is -0.376 e. The molecule has 9 heteroatoms. The summed E-state index contributed by atoms with van der Waals surface area (Å²) >= 11 is 0. The second-order valence-corrected chi connectivity index (χ2v) is 9.21. The Morgan fingerprint density at radius 3 is 2.62 bits per heavy atom. The predicted octanol–water partition coefficient (Wildman–Crippen LogP) is 6.24. The molecule has 1 aliphatic heterocycles. The summed E-state index contributed by atoms with van der Waals surface area (Å²) < 4.78 is 46.7. The molecule has 1 aliphatic rings. The molecule has 2 aromatic carbocycles. The molecule has 0 amide bonds. The van der Waals surface area contributed by atoms with Crippen molar-refractivity contribution in [1.82, 2.24) is 19.9 Å². The fourth-order valence-corrected chi connectivity index (χ4v) is 4.55. The number of hydrogen-bond acceptors (Lipinski definition) is 6. The van der Waals surface area contributed by atoms with Crippen LogP contribution in [-0.4, -0.2) is 45.7 Å². The van der Waals surface area contributed by atoms with Crippen LogP contribution in [0.15, 0.2) is 60.8 Å². The van der Waals surface area contributed by atoms with Gasteiger partial charge in [-0.05, 0) is 55.3 Å². The van der Waals surface area contributed by atoms with Crippen molar-refractivity contribution in [2.45, 2.75) is 39.1 Å². The topological polar surface area (TPSA) is 63.2 Å². The highest BCUT2D eigenvalue weighted by molar-refractivity contribution is 5.93. The molecule has 0 bridgehead atoms. The number of nitrogens with one attached hydrogen (secondary N) is 1. The van der Waals surface area contributed by atoms with E-state index >= 15 is 0 Å². The highest BCUT2D eigenvalue weighted by Gasteiger charge is 2.34. The fraction of sp³-hybridized carbons (Fsp3) is 0.321. The van der Waals surface area contributed by atoms with Gasteiger partial charge in [-0.1, -0.05) is 25.1 Å². The average molecular weight is 508 g/mol. The molecular formula is C28H28F3N5O. The fourth-order valence-electron chi connectivity index (χ4n) is 4.55. The number of hydrogen-bond donors (Lipinski definition) is 1. The van der Waals surface area contributed by atoms with Crippen LogP contribution in [-0.2, 0) is 23.9 Å². The molecule has 0 radical (unpaired) electrons. The van der Waals surface area contributed by atoms with Crippen LogP contribution in [0.3, 0.4) is 0 Å². The van der Waals surface area contributed by atoms with E-state index in [-0.39, 0.29) is 11.8 Å². The van der Waals surface area contributed by atoms with Crippen LogP contribution in [0, 0.1) is 0 Å². The Hall–Kier alpha value is -3.56. The SMILES string of the molecule is CCc1ccc(Nc2nc(CN3CCO[C@H](C)C3)nc3cc(-c4ncccc4C(F)(F)F)ccc23)cc1. The molecule has 37 heavy (non-hydrogen) atoms. The van der Waals surface area contributed by atoms with Crippen molar-refractivity contribution in [3.63, 3.8) is 0 Å². The average Bonchev–Trinajstić information content (AvgIpc) is 2.88. The smallest absolute Gasteiger partial charge is 0.376 e. The first-order chi connectivity index (χ1) is 17.8. The van der Waals surface area contributed by atoms with Crippen molar-refractivity contribution in [2.75, 3.05) is 25.0 Å². The van der Waals surface area contributed by atoms with E-state index in [0.29, 0.717) is 41.3 Å². The zero-order valence-corrected chi connectivity index (χ0v) is 20.7. The Kier molecular flexibility index (Phi) is 7.08. The molecule has 1 saturated heterocycles. The number of benzene rings is 2. The van der Waals surface area contributed by atoms with E-state index in [9.17, 15) is 13.2 Å². The van der Waals surface area contributed by atoms with Crippen LogP contribution >= 0.6 is 0 Å². The number of nitrogens with zero attached hydrogens (tertiary/aromatic N) is 4. The van der Waals surface area contributed by atoms with Crippen LogP contribution in [0.5, 0.6) is 0 Å². The zero-order valence-electron chi connectivity index (χ0n) is 20.7. The first kappa shape index (κ1) is 25.1. The first-order valence-corrected chi connectivity index (χ1v) is 12.3. The minimum absolute atomic E-state index is 0.112. The number of aromatic nitrogens is 3. The number of alkyl halides is 3. The van der Waals surface area contributed by atoms with Crippen molar-refractivity contribution in [1.29, 1.82) is 0 Å². The lowest BCUT2D eigenvalue weighted by Gasteiger charge is -2.30. The molecular weight excluding hydrogens is 479 g/mol. The molecule has 0 saturated carbocycles. The van der Waals surface area contributed by atoms with Crippen LogP contribution in [0.4, 0.5) is 24.7 Å². The quantitative estimate of drug-likeness (QED) is 0.334. The molecule has 1 N–H and O–H groups in total. The van der Waals surface area contributed by atoms with Gasteiger partial charge in [-0.3, -0.25) is 9.88 Å². The Bertz CT molecular complexity index is 1390. The van der Waals surface area contributed by atoms with Gasteiger partial charge in [-0.25, -0.2) is 9.97 Å². The van der Waals surface area contributed by atoms with Crippen LogP contribution in [0.25, 0.3) is 22.2 Å². The van der Waals surface area contributed by atoms with Gasteiger partial charge < -0.3 is 10.1 Å². The number of rotatable bonds is 6. The highest BCUT2D eigenvalue weighted by Crippen LogP contribution is 2.37. The van der Waals surface area contributed by atoms with Crippen molar-refractivity contribution in [3.8, 4) is 11.3 Å². The van der Waals surface area contributed by atoms with Gasteiger partial charge in [0.1, 0.15) is 11.6 Å². The third kappa shape index (κ3) is 5.73. The van der Waals surface area contributed by atoms with E-state index in [4.69, 9.17) is 14.7 Å². The summed E-state index contributed by atoms with van der Waals surface area (Å²) in [7, 11) is 0. The van der Waals surface area contributed by atoms with Crippen LogP contribution in [0.1, 0.15) is 30.8 Å². The van der Waals surface area contributed by atoms with E-state index in [0.717, 1.165) is 31.3 Å². The van der Waals surface area contributed by atoms with E-state index < -0.39 is 11.7 Å². The summed E-state index contributed by atoms with van der Waals surface area (Å²) in [5, 5.41) is 4.10. The third-order valence-corrected chi connectivity index (χ3v) is 6.44. The third-order valence-electron chi connectivity index (χ3n) is 6.44. The summed E-state index contributed by atoms with van der Waals surface area (Å²) in [5.74, 6) is 1.19. The Labute approximate surface area is 213 Å². The molecule has 0 spiro atoms. The lowest BCUT2D eigenvalue weighted by Crippen LogP contribution is -2.40. The van der Waals surface area contributed by atoms with Crippen molar-refractivity contribution >= 4 is 22.4 Å². The molecule has 5 rings (SSSR count). The number of ether oxygens (including phenoxy) is 1. The number of morpholine rings is 1. The standard InChI is InChI=1S/C28H28F3N5O/c1-3-19-6-9-21(10-7-19)33-27-22-11-8-20(26-23(28(29,30)31)5-4-12-32-26)15-24(22)34-25(35-27)17-36-13-14-37-18(2)16-36/h4-12,15,18H,3,13-14,16-17H2,1-2H3,(H,33,34,35)/t18-/m1/s1. The van der Waals surface area contributed by atoms with E-state index in [2.05, 4.69) is 34.3 Å². The van der Waals surface area contributed by atoms with Gasteiger partial charge in [0.15, 0.2) is 0 Å². The monoisotopic (exact) mass is 507 g/mol. The van der Waals surface area contributed by atoms with Gasteiger partial charge in [0.2, 0.25) is 0 Å². The van der Waals surface area contributed by atoms with Crippen molar-refractivity contribution in [2.24, 2.45) is 0 Å². The molecule has 192 valence electrons. The van der Waals surface area contributed by atoms with Crippen molar-refractivity contribution in [3.05, 3.63) is 77.7 Å². The maximum absolute atomic E-state index is 13.7. The maximum Gasteiger partial charge on any atom is 0.418 e. The summed E-state index contributed by atoms with van der Waals surface area (Å²) in [6.07, 6.45) is -2.10. The lowest BCUT2D eigenvalue weighted by atomic mass is 10.0. The molecule has 0 unspecified atom stereocenters. The highest BCUT2D eigenvalue weighted by atomic mass is 19.4. The summed E-state index contributed by atoms with van der Waals surface area (Å²) in [4.78, 5) is 15.8. The van der Waals surface area contributed by atoms with Crippen LogP contribution < -0.4 is 5.32 Å². The van der Waals surface area contributed by atoms with Gasteiger partial charge in [-0.15, -0.1) is 0 Å². The molecule has 6 nitrogen and oxygen atoms in total. The van der Waals surface area contributed by atoms with Crippen LogP contribution in [0.2, 0.25) is 0 Å². The minimum atomic E-state index is -4.51. The van der Waals surface area contributed by atoms with E-state index in [1.165, 1.54) is 17.8 Å². The molecule has 1 fully saturated rings. The van der Waals surface area contributed by atoms with Gasteiger partial charge in [0.05, 0.1) is 36.0 Å². The molecule has 1 atom stereocenters. The first-order valence-electron chi connectivity index (χ1n) is 12.3. The molecule has 4 aromatic rings. The molecule has 3 heterocycles. The second-order valence-electron chi connectivity index (χ2n) is 9.21. The second kappa shape index (κ2) is 10.4. The maximum atomic E-state index is 13.7. The number of pyridine rings is 1. The number of fused-ring (bicyclic) bond motifs is 1. The molecule has 0 aliphatic carbocycles. The number of anilines is 2. The summed E-state index contributed by atoms with van der Waals surface area (Å²) in [6, 6.07) is 15.5. The Morgan fingerprint density at radius 2 is 1.89 bits per heavy atom.